The van der Waals surface area contributed by atoms with Gasteiger partial charge in [0, 0.05) is 0 Å². The summed E-state index contributed by atoms with van der Waals surface area (Å²) in [5, 5.41) is 0. The number of hydrogen-bond donors (Lipinski definition) is 1. The van der Waals surface area contributed by atoms with Crippen LogP contribution in [-0.4, -0.2) is 18.7 Å². The Morgan fingerprint density at radius 2 is 1.73 bits per heavy atom. The van der Waals surface area contributed by atoms with Gasteiger partial charge >= 0.3 is 0 Å². The van der Waals surface area contributed by atoms with Crippen LogP contribution < -0.4 is 0 Å². The van der Waals surface area contributed by atoms with E-state index in [0.717, 1.165) is 5.56 Å². The average Bonchev–Trinajstić information content (AvgIpc) is 2.14. The fourth-order valence-corrected chi connectivity index (χ4v) is 1.83. The molecule has 0 heterocycles. The van der Waals surface area contributed by atoms with Crippen LogP contribution in [0.3, 0.4) is 0 Å². The molecule has 0 saturated heterocycles. The van der Waals surface area contributed by atoms with Crippen molar-refractivity contribution in [2.24, 2.45) is 0 Å². The maximum atomic E-state index is 12.5. The monoisotopic (exact) mass is 232 g/mol. The zero-order valence-electron chi connectivity index (χ0n) is 8.19. The molecule has 0 fully saturated rings. The summed E-state index contributed by atoms with van der Waals surface area (Å²) in [5.74, 6) is -0.495. The molecule has 0 aliphatic carbocycles. The second-order valence-electron chi connectivity index (χ2n) is 3.37. The van der Waals surface area contributed by atoms with E-state index in [0.29, 0.717) is 19.3 Å². The Bertz CT molecular complexity index is 397. The maximum Gasteiger partial charge on any atom is 0.264 e. The van der Waals surface area contributed by atoms with E-state index in [-0.39, 0.29) is 11.6 Å². The van der Waals surface area contributed by atoms with Crippen molar-refractivity contribution >= 4 is 10.1 Å². The van der Waals surface area contributed by atoms with Crippen LogP contribution in [0.15, 0.2) is 24.3 Å². The molecule has 1 aromatic rings. The fraction of sp³-hybridized carbons (Fsp3) is 0.400. The Labute approximate surface area is 88.7 Å². The van der Waals surface area contributed by atoms with Crippen LogP contribution in [-0.2, 0) is 16.5 Å². The highest BCUT2D eigenvalue weighted by Crippen LogP contribution is 2.07. The lowest BCUT2D eigenvalue weighted by atomic mass is 10.1. The van der Waals surface area contributed by atoms with Crippen LogP contribution in [0, 0.1) is 5.82 Å². The second-order valence-corrected chi connectivity index (χ2v) is 4.94. The molecule has 0 aliphatic heterocycles. The minimum Gasteiger partial charge on any atom is -0.286 e. The van der Waals surface area contributed by atoms with E-state index in [4.69, 9.17) is 4.55 Å². The Hall–Kier alpha value is -0.940. The molecule has 5 heteroatoms. The Balaban J connectivity index is 2.29. The van der Waals surface area contributed by atoms with Crippen molar-refractivity contribution in [2.75, 3.05) is 5.75 Å². The van der Waals surface area contributed by atoms with E-state index in [2.05, 4.69) is 0 Å². The van der Waals surface area contributed by atoms with Crippen molar-refractivity contribution in [3.63, 3.8) is 0 Å². The molecule has 1 aromatic carbocycles. The van der Waals surface area contributed by atoms with Gasteiger partial charge < -0.3 is 0 Å². The summed E-state index contributed by atoms with van der Waals surface area (Å²) in [4.78, 5) is 0. The first-order chi connectivity index (χ1) is 6.97. The van der Waals surface area contributed by atoms with Gasteiger partial charge in [-0.15, -0.1) is 0 Å². The smallest absolute Gasteiger partial charge is 0.264 e. The van der Waals surface area contributed by atoms with E-state index >= 15 is 0 Å². The predicted molar refractivity (Wildman–Crippen MR) is 55.8 cm³/mol. The van der Waals surface area contributed by atoms with E-state index in [1.165, 1.54) is 12.1 Å². The van der Waals surface area contributed by atoms with Crippen molar-refractivity contribution < 1.29 is 17.4 Å². The van der Waals surface area contributed by atoms with Gasteiger partial charge in [0.2, 0.25) is 0 Å². The number of rotatable bonds is 5. The van der Waals surface area contributed by atoms with E-state index in [1.54, 1.807) is 12.1 Å². The molecule has 1 N–H and O–H groups in total. The summed E-state index contributed by atoms with van der Waals surface area (Å²) < 4.78 is 41.8. The fourth-order valence-electron chi connectivity index (χ4n) is 1.26. The highest BCUT2D eigenvalue weighted by molar-refractivity contribution is 7.85. The highest BCUT2D eigenvalue weighted by atomic mass is 32.2. The average molecular weight is 232 g/mol. The zero-order chi connectivity index (χ0) is 11.3. The lowest BCUT2D eigenvalue weighted by molar-refractivity contribution is 0.480. The van der Waals surface area contributed by atoms with Crippen molar-refractivity contribution in [1.29, 1.82) is 0 Å². The van der Waals surface area contributed by atoms with Crippen LogP contribution in [0.1, 0.15) is 18.4 Å². The minimum atomic E-state index is -3.85. The molecule has 3 nitrogen and oxygen atoms in total. The molecular weight excluding hydrogens is 219 g/mol. The van der Waals surface area contributed by atoms with Crippen molar-refractivity contribution in [2.45, 2.75) is 19.3 Å². The largest absolute Gasteiger partial charge is 0.286 e. The third-order valence-electron chi connectivity index (χ3n) is 2.03. The van der Waals surface area contributed by atoms with Crippen LogP contribution in [0.5, 0.6) is 0 Å². The Morgan fingerprint density at radius 3 is 2.27 bits per heavy atom. The number of halogens is 1. The molecule has 84 valence electrons. The summed E-state index contributed by atoms with van der Waals surface area (Å²) in [5.41, 5.74) is 0.965. The van der Waals surface area contributed by atoms with E-state index in [1.807, 2.05) is 0 Å². The lowest BCUT2D eigenvalue weighted by Crippen LogP contribution is -2.03. The normalized spacial score (nSPS) is 11.6. The van der Waals surface area contributed by atoms with Crippen molar-refractivity contribution in [3.8, 4) is 0 Å². The molecule has 1 rings (SSSR count). The van der Waals surface area contributed by atoms with Crippen LogP contribution >= 0.6 is 0 Å². The quantitative estimate of drug-likeness (QED) is 0.624. The Morgan fingerprint density at radius 1 is 1.13 bits per heavy atom. The summed E-state index contributed by atoms with van der Waals surface area (Å²) >= 11 is 0. The molecule has 0 radical (unpaired) electrons. The number of unbranched alkanes of at least 4 members (excludes halogenated alkanes) is 1. The van der Waals surface area contributed by atoms with Gasteiger partial charge in [0.05, 0.1) is 5.75 Å². The second kappa shape index (κ2) is 5.23. The molecule has 0 aliphatic rings. The van der Waals surface area contributed by atoms with Crippen LogP contribution in [0.4, 0.5) is 4.39 Å². The number of hydrogen-bond acceptors (Lipinski definition) is 2. The summed E-state index contributed by atoms with van der Waals surface area (Å²) in [6, 6.07) is 6.09. The first-order valence-corrected chi connectivity index (χ1v) is 6.28. The van der Waals surface area contributed by atoms with Gasteiger partial charge in [-0.2, -0.15) is 8.42 Å². The van der Waals surface area contributed by atoms with Crippen molar-refractivity contribution in [1.82, 2.24) is 0 Å². The van der Waals surface area contributed by atoms with Gasteiger partial charge in [-0.3, -0.25) is 4.55 Å². The predicted octanol–water partition coefficient (Wildman–Crippen LogP) is 2.04. The molecule has 0 atom stereocenters. The van der Waals surface area contributed by atoms with Gasteiger partial charge in [-0.1, -0.05) is 12.1 Å². The standard InChI is InChI=1S/C10H13FO3S/c11-10-6-4-9(5-7-10)3-1-2-8-15(12,13)14/h4-7H,1-3,8H2,(H,12,13,14). The number of aryl methyl sites for hydroxylation is 1. The third-order valence-corrected chi connectivity index (χ3v) is 2.84. The minimum absolute atomic E-state index is 0.214. The summed E-state index contributed by atoms with van der Waals surface area (Å²) in [6.45, 7) is 0. The third kappa shape index (κ3) is 5.49. The number of benzene rings is 1. The van der Waals surface area contributed by atoms with Gasteiger partial charge in [-0.05, 0) is 37.0 Å². The summed E-state index contributed by atoms with van der Waals surface area (Å²) in [6.07, 6.45) is 1.76. The van der Waals surface area contributed by atoms with Gasteiger partial charge in [-0.25, -0.2) is 4.39 Å². The maximum absolute atomic E-state index is 12.5. The van der Waals surface area contributed by atoms with Crippen molar-refractivity contribution in [3.05, 3.63) is 35.6 Å². The molecule has 0 amide bonds. The van der Waals surface area contributed by atoms with Gasteiger partial charge in [0.25, 0.3) is 10.1 Å². The Kier molecular flexibility index (Phi) is 4.23. The molecule has 0 saturated carbocycles. The van der Waals surface area contributed by atoms with E-state index < -0.39 is 10.1 Å². The first-order valence-electron chi connectivity index (χ1n) is 4.67. The first kappa shape index (κ1) is 12.1. The zero-order valence-corrected chi connectivity index (χ0v) is 9.00. The highest BCUT2D eigenvalue weighted by Gasteiger charge is 2.03. The molecule has 0 aromatic heterocycles. The van der Waals surface area contributed by atoms with Crippen LogP contribution in [0.2, 0.25) is 0 Å². The molecule has 15 heavy (non-hydrogen) atoms. The molecule has 0 unspecified atom stereocenters. The molecular formula is C10H13FO3S. The molecule has 0 bridgehead atoms. The van der Waals surface area contributed by atoms with Gasteiger partial charge in [0.15, 0.2) is 0 Å². The topological polar surface area (TPSA) is 54.4 Å². The lowest BCUT2D eigenvalue weighted by Gasteiger charge is -2.00. The van der Waals surface area contributed by atoms with E-state index in [9.17, 15) is 12.8 Å². The molecule has 0 spiro atoms. The van der Waals surface area contributed by atoms with Gasteiger partial charge in [0.1, 0.15) is 5.82 Å². The van der Waals surface area contributed by atoms with Crippen LogP contribution in [0.25, 0.3) is 0 Å². The summed E-state index contributed by atoms with van der Waals surface area (Å²) in [7, 11) is -3.85. The SMILES string of the molecule is O=S(=O)(O)CCCCc1ccc(F)cc1.